The standard InChI is InChI=1S/C21H22N2OS2/c1-3-11-23-20(24)19-18(16-12-14(2)9-10-17(16)26-19)22-21(23)25-13-15-7-5-4-6-8-15/h3-8,14H,1,9-13H2,2H3. The molecule has 0 aliphatic heterocycles. The van der Waals surface area contributed by atoms with Gasteiger partial charge in [-0.3, -0.25) is 9.36 Å². The van der Waals surface area contributed by atoms with Gasteiger partial charge in [0.15, 0.2) is 5.16 Å². The molecular formula is C21H22N2OS2. The third-order valence-electron chi connectivity index (χ3n) is 4.88. The fourth-order valence-electron chi connectivity index (χ4n) is 3.49. The highest BCUT2D eigenvalue weighted by atomic mass is 32.2. The van der Waals surface area contributed by atoms with E-state index in [1.807, 2.05) is 18.2 Å². The summed E-state index contributed by atoms with van der Waals surface area (Å²) in [7, 11) is 0. The number of thiophene rings is 1. The number of nitrogens with zero attached hydrogens (tertiary/aromatic N) is 2. The second kappa shape index (κ2) is 7.41. The van der Waals surface area contributed by atoms with E-state index in [4.69, 9.17) is 4.98 Å². The number of hydrogen-bond donors (Lipinski definition) is 0. The van der Waals surface area contributed by atoms with Gasteiger partial charge >= 0.3 is 0 Å². The van der Waals surface area contributed by atoms with E-state index in [-0.39, 0.29) is 5.56 Å². The van der Waals surface area contributed by atoms with Crippen molar-refractivity contribution in [2.24, 2.45) is 5.92 Å². The molecule has 1 atom stereocenters. The van der Waals surface area contributed by atoms with E-state index in [2.05, 4.69) is 25.6 Å². The van der Waals surface area contributed by atoms with Crippen molar-refractivity contribution in [1.29, 1.82) is 0 Å². The highest BCUT2D eigenvalue weighted by Gasteiger charge is 2.24. The van der Waals surface area contributed by atoms with Gasteiger partial charge in [0.1, 0.15) is 4.70 Å². The zero-order chi connectivity index (χ0) is 18.1. The number of allylic oxidation sites excluding steroid dienone is 1. The molecule has 1 aromatic carbocycles. The highest BCUT2D eigenvalue weighted by Crippen LogP contribution is 2.36. The number of hydrogen-bond acceptors (Lipinski definition) is 4. The van der Waals surface area contributed by atoms with Crippen LogP contribution in [0.4, 0.5) is 0 Å². The quantitative estimate of drug-likeness (QED) is 0.351. The number of aromatic nitrogens is 2. The van der Waals surface area contributed by atoms with Gasteiger partial charge in [-0.25, -0.2) is 4.98 Å². The molecule has 0 amide bonds. The van der Waals surface area contributed by atoms with E-state index in [1.54, 1.807) is 33.7 Å². The first-order chi connectivity index (χ1) is 12.7. The van der Waals surface area contributed by atoms with Crippen LogP contribution in [0.5, 0.6) is 0 Å². The Bertz CT molecular complexity index is 1000. The summed E-state index contributed by atoms with van der Waals surface area (Å²) in [6, 6.07) is 10.3. The minimum absolute atomic E-state index is 0.0810. The molecule has 1 aliphatic carbocycles. The molecule has 2 heterocycles. The third kappa shape index (κ3) is 3.26. The Morgan fingerprint density at radius 2 is 2.19 bits per heavy atom. The van der Waals surface area contributed by atoms with Gasteiger partial charge in [0.25, 0.3) is 5.56 Å². The van der Waals surface area contributed by atoms with Crippen molar-refractivity contribution in [3.8, 4) is 0 Å². The van der Waals surface area contributed by atoms with Gasteiger partial charge in [-0.05, 0) is 36.3 Å². The molecule has 0 saturated heterocycles. The Morgan fingerprint density at radius 3 is 2.96 bits per heavy atom. The Kier molecular flexibility index (Phi) is 5.00. The monoisotopic (exact) mass is 382 g/mol. The number of aryl methyl sites for hydroxylation is 1. The molecule has 1 aliphatic rings. The smallest absolute Gasteiger partial charge is 0.272 e. The maximum Gasteiger partial charge on any atom is 0.272 e. The largest absolute Gasteiger partial charge is 0.282 e. The van der Waals surface area contributed by atoms with Crippen molar-refractivity contribution in [3.05, 3.63) is 69.3 Å². The van der Waals surface area contributed by atoms with Gasteiger partial charge in [-0.2, -0.15) is 0 Å². The second-order valence-electron chi connectivity index (χ2n) is 6.90. The van der Waals surface area contributed by atoms with E-state index in [9.17, 15) is 4.79 Å². The summed E-state index contributed by atoms with van der Waals surface area (Å²) >= 11 is 3.28. The van der Waals surface area contributed by atoms with Gasteiger partial charge in [-0.15, -0.1) is 17.9 Å². The molecule has 3 nitrogen and oxygen atoms in total. The van der Waals surface area contributed by atoms with E-state index >= 15 is 0 Å². The first-order valence-corrected chi connectivity index (χ1v) is 10.8. The summed E-state index contributed by atoms with van der Waals surface area (Å²) in [6.07, 6.45) is 5.09. The third-order valence-corrected chi connectivity index (χ3v) is 7.20. The average Bonchev–Trinajstić information content (AvgIpc) is 3.01. The molecule has 0 spiro atoms. The number of fused-ring (bicyclic) bond motifs is 3. The van der Waals surface area contributed by atoms with Crippen LogP contribution in [0.1, 0.15) is 29.3 Å². The van der Waals surface area contributed by atoms with Crippen LogP contribution in [0.25, 0.3) is 10.2 Å². The lowest BCUT2D eigenvalue weighted by molar-refractivity contribution is 0.507. The van der Waals surface area contributed by atoms with Crippen LogP contribution in [-0.4, -0.2) is 9.55 Å². The van der Waals surface area contributed by atoms with Crippen molar-refractivity contribution in [2.75, 3.05) is 0 Å². The van der Waals surface area contributed by atoms with Crippen molar-refractivity contribution in [1.82, 2.24) is 9.55 Å². The molecule has 0 saturated carbocycles. The molecule has 4 rings (SSSR count). The molecule has 26 heavy (non-hydrogen) atoms. The summed E-state index contributed by atoms with van der Waals surface area (Å²) in [5.41, 5.74) is 3.57. The molecule has 0 fully saturated rings. The SMILES string of the molecule is C=CCn1c(SCc2ccccc2)nc2c3c(sc2c1=O)CCC(C)C3. The summed E-state index contributed by atoms with van der Waals surface area (Å²) in [5.74, 6) is 1.47. The summed E-state index contributed by atoms with van der Waals surface area (Å²) < 4.78 is 2.59. The zero-order valence-corrected chi connectivity index (χ0v) is 16.5. The van der Waals surface area contributed by atoms with Gasteiger partial charge in [0.05, 0.1) is 5.52 Å². The molecular weight excluding hydrogens is 360 g/mol. The first-order valence-electron chi connectivity index (χ1n) is 9.00. The number of benzene rings is 1. The minimum Gasteiger partial charge on any atom is -0.282 e. The van der Waals surface area contributed by atoms with Crippen LogP contribution in [0.2, 0.25) is 0 Å². The van der Waals surface area contributed by atoms with Gasteiger partial charge in [-0.1, -0.05) is 55.1 Å². The molecule has 0 bridgehead atoms. The van der Waals surface area contributed by atoms with E-state index < -0.39 is 0 Å². The predicted octanol–water partition coefficient (Wildman–Crippen LogP) is 5.06. The fraction of sp³-hybridized carbons (Fsp3) is 0.333. The van der Waals surface area contributed by atoms with Crippen LogP contribution in [0.15, 0.2) is 52.9 Å². The van der Waals surface area contributed by atoms with E-state index in [0.29, 0.717) is 12.5 Å². The average molecular weight is 383 g/mol. The van der Waals surface area contributed by atoms with Gasteiger partial charge in [0.2, 0.25) is 0 Å². The van der Waals surface area contributed by atoms with Crippen molar-refractivity contribution >= 4 is 33.3 Å². The number of thioether (sulfide) groups is 1. The van der Waals surface area contributed by atoms with Crippen LogP contribution in [0.3, 0.4) is 0 Å². The maximum atomic E-state index is 13.1. The maximum absolute atomic E-state index is 13.1. The highest BCUT2D eigenvalue weighted by molar-refractivity contribution is 7.98. The van der Waals surface area contributed by atoms with Crippen LogP contribution >= 0.6 is 23.1 Å². The lowest BCUT2D eigenvalue weighted by Crippen LogP contribution is -2.22. The zero-order valence-electron chi connectivity index (χ0n) is 14.9. The number of rotatable bonds is 5. The van der Waals surface area contributed by atoms with Crippen molar-refractivity contribution in [2.45, 2.75) is 43.6 Å². The van der Waals surface area contributed by atoms with Crippen molar-refractivity contribution in [3.63, 3.8) is 0 Å². The first kappa shape index (κ1) is 17.6. The van der Waals surface area contributed by atoms with Crippen LogP contribution in [0, 0.1) is 5.92 Å². The molecule has 0 N–H and O–H groups in total. The lowest BCUT2D eigenvalue weighted by Gasteiger charge is -2.17. The summed E-state index contributed by atoms with van der Waals surface area (Å²) in [6.45, 7) is 6.60. The molecule has 0 radical (unpaired) electrons. The molecule has 1 unspecified atom stereocenters. The Morgan fingerprint density at radius 1 is 1.38 bits per heavy atom. The summed E-state index contributed by atoms with van der Waals surface area (Å²) in [5, 5.41) is 0.796. The Balaban J connectivity index is 1.79. The Labute approximate surface area is 161 Å². The predicted molar refractivity (Wildman–Crippen MR) is 111 cm³/mol. The van der Waals surface area contributed by atoms with Crippen LogP contribution in [-0.2, 0) is 25.1 Å². The van der Waals surface area contributed by atoms with E-state index in [0.717, 1.165) is 34.0 Å². The topological polar surface area (TPSA) is 34.9 Å². The molecule has 5 heteroatoms. The molecule has 3 aromatic rings. The second-order valence-corrected chi connectivity index (χ2v) is 8.95. The summed E-state index contributed by atoms with van der Waals surface area (Å²) in [4.78, 5) is 19.4. The minimum atomic E-state index is 0.0810. The molecule has 2 aromatic heterocycles. The lowest BCUT2D eigenvalue weighted by atomic mass is 9.89. The molecule has 134 valence electrons. The van der Waals surface area contributed by atoms with Crippen molar-refractivity contribution < 1.29 is 0 Å². The normalized spacial score (nSPS) is 16.6. The van der Waals surface area contributed by atoms with Gasteiger partial charge < -0.3 is 0 Å². The van der Waals surface area contributed by atoms with Gasteiger partial charge in [0, 0.05) is 17.2 Å². The van der Waals surface area contributed by atoms with Crippen LogP contribution < -0.4 is 5.56 Å². The van der Waals surface area contributed by atoms with E-state index in [1.165, 1.54) is 22.4 Å². The Hall–Kier alpha value is -1.85. The fourth-order valence-corrected chi connectivity index (χ4v) is 5.68.